The van der Waals surface area contributed by atoms with Crippen LogP contribution in [-0.4, -0.2) is 26.6 Å². The number of nitrogens with one attached hydrogen (secondary N) is 1. The molecule has 2 aromatic heterocycles. The minimum Gasteiger partial charge on any atom is -0.316 e. The van der Waals surface area contributed by atoms with Gasteiger partial charge in [-0.15, -0.1) is 0 Å². The Morgan fingerprint density at radius 1 is 1.38 bits per heavy atom. The Hall–Kier alpha value is -1.62. The normalized spacial score (nSPS) is 10.9. The maximum absolute atomic E-state index is 4.46. The van der Waals surface area contributed by atoms with Crippen molar-refractivity contribution in [2.24, 2.45) is 7.05 Å². The molecule has 0 radical (unpaired) electrons. The molecule has 0 saturated carbocycles. The molecular weight excluding hydrogens is 202 g/mol. The predicted octanol–water partition coefficient (Wildman–Crippen LogP) is 0.693. The summed E-state index contributed by atoms with van der Waals surface area (Å²) in [4.78, 5) is 0. The van der Waals surface area contributed by atoms with Crippen LogP contribution in [0.1, 0.15) is 17.0 Å². The smallest absolute Gasteiger partial charge is 0.0850 e. The highest BCUT2D eigenvalue weighted by atomic mass is 15.3. The summed E-state index contributed by atoms with van der Waals surface area (Å²) >= 11 is 0. The van der Waals surface area contributed by atoms with E-state index in [0.717, 1.165) is 24.5 Å². The Balaban J connectivity index is 2.13. The summed E-state index contributed by atoms with van der Waals surface area (Å²) in [6, 6.07) is 2.01. The minimum atomic E-state index is 0.728. The molecule has 0 spiro atoms. The van der Waals surface area contributed by atoms with Gasteiger partial charge in [-0.25, -0.2) is 0 Å². The SMILES string of the molecule is CNCc1cn(Cc2ccn(C)n2)nc1C. The Morgan fingerprint density at radius 3 is 2.81 bits per heavy atom. The third-order valence-electron chi connectivity index (χ3n) is 2.51. The third kappa shape index (κ3) is 2.30. The molecule has 0 aliphatic carbocycles. The summed E-state index contributed by atoms with van der Waals surface area (Å²) in [6.07, 6.45) is 4.01. The van der Waals surface area contributed by atoms with E-state index in [4.69, 9.17) is 0 Å². The van der Waals surface area contributed by atoms with Crippen LogP contribution < -0.4 is 5.32 Å². The minimum absolute atomic E-state index is 0.728. The van der Waals surface area contributed by atoms with E-state index in [-0.39, 0.29) is 0 Å². The zero-order valence-corrected chi connectivity index (χ0v) is 9.94. The first-order chi connectivity index (χ1) is 7.69. The maximum Gasteiger partial charge on any atom is 0.0850 e. The van der Waals surface area contributed by atoms with Gasteiger partial charge in [0.1, 0.15) is 0 Å². The highest BCUT2D eigenvalue weighted by molar-refractivity contribution is 5.15. The van der Waals surface area contributed by atoms with Gasteiger partial charge in [-0.05, 0) is 20.0 Å². The molecule has 5 heteroatoms. The van der Waals surface area contributed by atoms with Crippen molar-refractivity contribution in [3.8, 4) is 0 Å². The molecule has 16 heavy (non-hydrogen) atoms. The number of aryl methyl sites for hydroxylation is 2. The van der Waals surface area contributed by atoms with Gasteiger partial charge < -0.3 is 5.32 Å². The molecule has 2 aromatic rings. The topological polar surface area (TPSA) is 47.7 Å². The molecule has 0 atom stereocenters. The van der Waals surface area contributed by atoms with Crippen molar-refractivity contribution in [2.75, 3.05) is 7.05 Å². The summed E-state index contributed by atoms with van der Waals surface area (Å²) in [5.41, 5.74) is 3.34. The fourth-order valence-corrected chi connectivity index (χ4v) is 1.72. The second kappa shape index (κ2) is 4.49. The largest absolute Gasteiger partial charge is 0.316 e. The lowest BCUT2D eigenvalue weighted by Crippen LogP contribution is -2.05. The van der Waals surface area contributed by atoms with Crippen LogP contribution in [0.5, 0.6) is 0 Å². The van der Waals surface area contributed by atoms with Gasteiger partial charge in [0.05, 0.1) is 17.9 Å². The zero-order chi connectivity index (χ0) is 11.5. The van der Waals surface area contributed by atoms with E-state index in [2.05, 4.69) is 21.7 Å². The average Bonchev–Trinajstić information content (AvgIpc) is 2.76. The van der Waals surface area contributed by atoms with Gasteiger partial charge in [0, 0.05) is 31.5 Å². The highest BCUT2D eigenvalue weighted by Crippen LogP contribution is 2.06. The fourth-order valence-electron chi connectivity index (χ4n) is 1.72. The number of hydrogen-bond acceptors (Lipinski definition) is 3. The van der Waals surface area contributed by atoms with E-state index < -0.39 is 0 Å². The summed E-state index contributed by atoms with van der Waals surface area (Å²) in [5.74, 6) is 0. The average molecular weight is 219 g/mol. The Kier molecular flexibility index (Phi) is 3.05. The van der Waals surface area contributed by atoms with E-state index in [0.29, 0.717) is 0 Å². The summed E-state index contributed by atoms with van der Waals surface area (Å²) in [7, 11) is 3.86. The van der Waals surface area contributed by atoms with Crippen molar-refractivity contribution < 1.29 is 0 Å². The molecule has 0 fully saturated rings. The maximum atomic E-state index is 4.46. The summed E-state index contributed by atoms with van der Waals surface area (Å²) in [5, 5.41) is 11.9. The van der Waals surface area contributed by atoms with Crippen LogP contribution in [0.25, 0.3) is 0 Å². The predicted molar refractivity (Wildman–Crippen MR) is 62.0 cm³/mol. The van der Waals surface area contributed by atoms with Crippen molar-refractivity contribution in [3.05, 3.63) is 35.4 Å². The monoisotopic (exact) mass is 219 g/mol. The van der Waals surface area contributed by atoms with Crippen molar-refractivity contribution in [1.82, 2.24) is 24.9 Å². The lowest BCUT2D eigenvalue weighted by atomic mass is 10.3. The van der Waals surface area contributed by atoms with Gasteiger partial charge in [-0.2, -0.15) is 10.2 Å². The molecule has 5 nitrogen and oxygen atoms in total. The molecule has 0 amide bonds. The second-order valence-electron chi connectivity index (χ2n) is 3.95. The van der Waals surface area contributed by atoms with Crippen LogP contribution in [0, 0.1) is 6.92 Å². The van der Waals surface area contributed by atoms with Gasteiger partial charge >= 0.3 is 0 Å². The lowest BCUT2D eigenvalue weighted by Gasteiger charge is -1.96. The van der Waals surface area contributed by atoms with Crippen molar-refractivity contribution in [3.63, 3.8) is 0 Å². The van der Waals surface area contributed by atoms with Gasteiger partial charge in [0.25, 0.3) is 0 Å². The van der Waals surface area contributed by atoms with Gasteiger partial charge in [-0.3, -0.25) is 9.36 Å². The van der Waals surface area contributed by atoms with E-state index in [1.54, 1.807) is 4.68 Å². The van der Waals surface area contributed by atoms with Gasteiger partial charge in [0.2, 0.25) is 0 Å². The number of nitrogens with zero attached hydrogens (tertiary/aromatic N) is 4. The van der Waals surface area contributed by atoms with E-state index >= 15 is 0 Å². The van der Waals surface area contributed by atoms with Gasteiger partial charge in [-0.1, -0.05) is 0 Å². The van der Waals surface area contributed by atoms with E-state index in [9.17, 15) is 0 Å². The Bertz CT molecular complexity index is 468. The molecule has 0 bridgehead atoms. The number of aromatic nitrogens is 4. The van der Waals surface area contributed by atoms with Crippen LogP contribution in [0.3, 0.4) is 0 Å². The van der Waals surface area contributed by atoms with Crippen molar-refractivity contribution in [2.45, 2.75) is 20.0 Å². The van der Waals surface area contributed by atoms with E-state index in [1.165, 1.54) is 5.56 Å². The zero-order valence-electron chi connectivity index (χ0n) is 9.94. The highest BCUT2D eigenvalue weighted by Gasteiger charge is 2.05. The molecule has 2 heterocycles. The molecule has 86 valence electrons. The lowest BCUT2D eigenvalue weighted by molar-refractivity contribution is 0.645. The Labute approximate surface area is 95.1 Å². The molecule has 2 rings (SSSR count). The van der Waals surface area contributed by atoms with Crippen molar-refractivity contribution in [1.29, 1.82) is 0 Å². The second-order valence-corrected chi connectivity index (χ2v) is 3.95. The summed E-state index contributed by atoms with van der Waals surface area (Å²) in [6.45, 7) is 3.61. The van der Waals surface area contributed by atoms with Crippen molar-refractivity contribution >= 4 is 0 Å². The van der Waals surface area contributed by atoms with Crippen LogP contribution >= 0.6 is 0 Å². The van der Waals surface area contributed by atoms with Crippen LogP contribution in [0.4, 0.5) is 0 Å². The first kappa shape index (κ1) is 10.9. The van der Waals surface area contributed by atoms with E-state index in [1.807, 2.05) is 38.0 Å². The molecular formula is C11H17N5. The first-order valence-corrected chi connectivity index (χ1v) is 5.35. The summed E-state index contributed by atoms with van der Waals surface area (Å²) < 4.78 is 3.74. The number of hydrogen-bond donors (Lipinski definition) is 1. The first-order valence-electron chi connectivity index (χ1n) is 5.35. The molecule has 0 unspecified atom stereocenters. The fraction of sp³-hybridized carbons (Fsp3) is 0.455. The van der Waals surface area contributed by atoms with Crippen LogP contribution in [-0.2, 0) is 20.1 Å². The van der Waals surface area contributed by atoms with Crippen LogP contribution in [0.2, 0.25) is 0 Å². The molecule has 1 N–H and O–H groups in total. The third-order valence-corrected chi connectivity index (χ3v) is 2.51. The quantitative estimate of drug-likeness (QED) is 0.823. The molecule has 0 saturated heterocycles. The van der Waals surface area contributed by atoms with Gasteiger partial charge in [0.15, 0.2) is 0 Å². The van der Waals surface area contributed by atoms with Crippen LogP contribution in [0.15, 0.2) is 18.5 Å². The molecule has 0 aromatic carbocycles. The standard InChI is InChI=1S/C11H17N5/c1-9-10(6-12-2)7-16(13-9)8-11-4-5-15(3)14-11/h4-5,7,12H,6,8H2,1-3H3. The number of rotatable bonds is 4. The molecule has 0 aliphatic rings. The molecule has 0 aliphatic heterocycles. The Morgan fingerprint density at radius 2 is 2.19 bits per heavy atom.